The number of carboxylic acids is 1. The number of aliphatic carboxylic acids is 1. The predicted molar refractivity (Wildman–Crippen MR) is 117 cm³/mol. The Balaban J connectivity index is 1.93. The van der Waals surface area contributed by atoms with Crippen LogP contribution in [-0.2, 0) is 32.2 Å². The van der Waals surface area contributed by atoms with Gasteiger partial charge >= 0.3 is 12.1 Å². The van der Waals surface area contributed by atoms with E-state index < -0.39 is 44.2 Å². The van der Waals surface area contributed by atoms with Crippen molar-refractivity contribution in [1.29, 1.82) is 0 Å². The van der Waals surface area contributed by atoms with Crippen LogP contribution in [0.15, 0.2) is 36.4 Å². The zero-order valence-corrected chi connectivity index (χ0v) is 19.1. The fourth-order valence-electron chi connectivity index (χ4n) is 5.20. The Bertz CT molecular complexity index is 1230. The molecule has 2 unspecified atom stereocenters. The van der Waals surface area contributed by atoms with E-state index in [-0.39, 0.29) is 42.6 Å². The SMILES string of the molecule is CCC1Cc2c(-c3ccc(C(F)(F)F)cc3F)cccc2C1(C(=O)O)S(=O)(=O)N1CCNCC1. The van der Waals surface area contributed by atoms with E-state index in [2.05, 4.69) is 5.32 Å². The maximum Gasteiger partial charge on any atom is 0.416 e. The van der Waals surface area contributed by atoms with E-state index in [1.165, 1.54) is 22.5 Å². The third-order valence-electron chi connectivity index (χ3n) is 6.82. The number of alkyl halides is 3. The lowest BCUT2D eigenvalue weighted by atomic mass is 9.89. The van der Waals surface area contributed by atoms with E-state index >= 15 is 0 Å². The Kier molecular flexibility index (Phi) is 6.24. The Hall–Kier alpha value is -2.50. The molecule has 4 rings (SSSR count). The number of fused-ring (bicyclic) bond motifs is 1. The molecule has 2 atom stereocenters. The first-order chi connectivity index (χ1) is 16.0. The van der Waals surface area contributed by atoms with Crippen LogP contribution < -0.4 is 5.32 Å². The molecule has 1 heterocycles. The number of rotatable bonds is 5. The molecular formula is C23H24F4N2O4S. The molecule has 0 saturated carbocycles. The number of carboxylic acid groups (broad SMARTS) is 1. The molecule has 0 bridgehead atoms. The third kappa shape index (κ3) is 3.61. The van der Waals surface area contributed by atoms with Crippen molar-refractivity contribution in [1.82, 2.24) is 9.62 Å². The predicted octanol–water partition coefficient (Wildman–Crippen LogP) is 3.61. The zero-order chi connectivity index (χ0) is 24.9. The molecule has 2 aromatic rings. The van der Waals surface area contributed by atoms with Crippen molar-refractivity contribution in [3.8, 4) is 11.1 Å². The summed E-state index contributed by atoms with van der Waals surface area (Å²) < 4.78 is 80.5. The van der Waals surface area contributed by atoms with Crippen molar-refractivity contribution in [3.05, 3.63) is 58.9 Å². The zero-order valence-electron chi connectivity index (χ0n) is 18.3. The maximum absolute atomic E-state index is 14.8. The number of nitrogens with one attached hydrogen (secondary N) is 1. The van der Waals surface area contributed by atoms with Gasteiger partial charge in [0, 0.05) is 31.7 Å². The van der Waals surface area contributed by atoms with E-state index in [1.807, 2.05) is 0 Å². The molecule has 0 amide bonds. The molecule has 0 spiro atoms. The van der Waals surface area contributed by atoms with Gasteiger partial charge in [-0.05, 0) is 41.2 Å². The second kappa shape index (κ2) is 8.62. The van der Waals surface area contributed by atoms with Crippen LogP contribution in [0, 0.1) is 11.7 Å². The van der Waals surface area contributed by atoms with Gasteiger partial charge in [-0.25, -0.2) is 12.8 Å². The summed E-state index contributed by atoms with van der Waals surface area (Å²) in [6.45, 7) is 2.71. The second-order valence-electron chi connectivity index (χ2n) is 8.53. The normalized spacial score (nSPS) is 23.6. The first-order valence-electron chi connectivity index (χ1n) is 10.9. The first kappa shape index (κ1) is 24.6. The summed E-state index contributed by atoms with van der Waals surface area (Å²) in [6.07, 6.45) is -4.46. The molecule has 0 aromatic heterocycles. The van der Waals surface area contributed by atoms with Crippen molar-refractivity contribution >= 4 is 16.0 Å². The number of piperazine rings is 1. The van der Waals surface area contributed by atoms with Crippen LogP contribution >= 0.6 is 0 Å². The van der Waals surface area contributed by atoms with Crippen LogP contribution in [0.25, 0.3) is 11.1 Å². The van der Waals surface area contributed by atoms with Crippen molar-refractivity contribution in [2.24, 2.45) is 5.92 Å². The fraction of sp³-hybridized carbons (Fsp3) is 0.435. The first-order valence-corrected chi connectivity index (χ1v) is 12.3. The van der Waals surface area contributed by atoms with Gasteiger partial charge in [0.15, 0.2) is 0 Å². The fourth-order valence-corrected chi connectivity index (χ4v) is 7.63. The smallest absolute Gasteiger partial charge is 0.416 e. The van der Waals surface area contributed by atoms with Crippen LogP contribution in [0.1, 0.15) is 30.0 Å². The van der Waals surface area contributed by atoms with Gasteiger partial charge in [-0.1, -0.05) is 37.6 Å². The van der Waals surface area contributed by atoms with Gasteiger partial charge in [0.25, 0.3) is 0 Å². The molecule has 2 aliphatic rings. The van der Waals surface area contributed by atoms with Crippen LogP contribution in [0.4, 0.5) is 17.6 Å². The van der Waals surface area contributed by atoms with Gasteiger partial charge in [0.2, 0.25) is 14.8 Å². The number of nitrogens with zero attached hydrogens (tertiary/aromatic N) is 1. The number of carbonyl (C=O) groups is 1. The van der Waals surface area contributed by atoms with E-state index in [0.717, 1.165) is 12.1 Å². The highest BCUT2D eigenvalue weighted by atomic mass is 32.2. The number of benzene rings is 2. The Morgan fingerprint density at radius 1 is 1.18 bits per heavy atom. The van der Waals surface area contributed by atoms with Crippen LogP contribution in [0.2, 0.25) is 0 Å². The highest BCUT2D eigenvalue weighted by Gasteiger charge is 2.63. The quantitative estimate of drug-likeness (QED) is 0.613. The van der Waals surface area contributed by atoms with Crippen LogP contribution in [-0.4, -0.2) is 50.0 Å². The monoisotopic (exact) mass is 500 g/mol. The molecule has 11 heteroatoms. The van der Waals surface area contributed by atoms with E-state index in [4.69, 9.17) is 0 Å². The van der Waals surface area contributed by atoms with Gasteiger partial charge < -0.3 is 10.4 Å². The lowest BCUT2D eigenvalue weighted by Gasteiger charge is -2.38. The minimum Gasteiger partial charge on any atom is -0.480 e. The second-order valence-corrected chi connectivity index (χ2v) is 10.6. The topological polar surface area (TPSA) is 86.7 Å². The van der Waals surface area contributed by atoms with Gasteiger partial charge in [-0.15, -0.1) is 0 Å². The Labute approximate surface area is 194 Å². The van der Waals surface area contributed by atoms with Crippen molar-refractivity contribution in [2.75, 3.05) is 26.2 Å². The summed E-state index contributed by atoms with van der Waals surface area (Å²) >= 11 is 0. The van der Waals surface area contributed by atoms with Gasteiger partial charge in [0.1, 0.15) is 5.82 Å². The number of halogens is 4. The summed E-state index contributed by atoms with van der Waals surface area (Å²) in [4.78, 5) is 12.8. The highest BCUT2D eigenvalue weighted by Crippen LogP contribution is 2.52. The standard InChI is InChI=1S/C23H24F4N2O4S/c1-2-14-12-18-16(17-7-6-15(13-20(17)24)23(25,26)27)4-3-5-19(18)22(14,21(30)31)34(32,33)29-10-8-28-9-11-29/h3-7,13-14,28H,2,8-12H2,1H3,(H,30,31). The lowest BCUT2D eigenvalue weighted by Crippen LogP contribution is -2.57. The summed E-state index contributed by atoms with van der Waals surface area (Å²) in [6, 6.07) is 6.47. The van der Waals surface area contributed by atoms with Crippen molar-refractivity contribution in [3.63, 3.8) is 0 Å². The maximum atomic E-state index is 14.8. The lowest BCUT2D eigenvalue weighted by molar-refractivity contribution is -0.142. The van der Waals surface area contributed by atoms with Crippen LogP contribution in [0.5, 0.6) is 0 Å². The highest BCUT2D eigenvalue weighted by molar-refractivity contribution is 7.90. The van der Waals surface area contributed by atoms with Gasteiger partial charge in [-0.3, -0.25) is 4.79 Å². The summed E-state index contributed by atoms with van der Waals surface area (Å²) in [5.41, 5.74) is -0.716. The molecule has 1 aliphatic heterocycles. The number of sulfonamides is 1. The molecule has 1 aliphatic carbocycles. The third-order valence-corrected chi connectivity index (χ3v) is 9.41. The summed E-state index contributed by atoms with van der Waals surface area (Å²) in [5, 5.41) is 13.4. The molecule has 1 saturated heterocycles. The molecular weight excluding hydrogens is 476 g/mol. The molecule has 34 heavy (non-hydrogen) atoms. The van der Waals surface area contributed by atoms with Crippen molar-refractivity contribution < 1.29 is 35.9 Å². The van der Waals surface area contributed by atoms with E-state index in [1.54, 1.807) is 6.92 Å². The minimum absolute atomic E-state index is 0.0418. The summed E-state index contributed by atoms with van der Waals surface area (Å²) in [5.74, 6) is -3.46. The summed E-state index contributed by atoms with van der Waals surface area (Å²) in [7, 11) is -4.38. The average molecular weight is 501 g/mol. The molecule has 2 N–H and O–H groups in total. The van der Waals surface area contributed by atoms with Crippen LogP contribution in [0.3, 0.4) is 0 Å². The molecule has 0 radical (unpaired) electrons. The van der Waals surface area contributed by atoms with E-state index in [9.17, 15) is 35.9 Å². The molecule has 6 nitrogen and oxygen atoms in total. The van der Waals surface area contributed by atoms with Gasteiger partial charge in [0.05, 0.1) is 5.56 Å². The average Bonchev–Trinajstić information content (AvgIpc) is 3.15. The largest absolute Gasteiger partial charge is 0.480 e. The van der Waals surface area contributed by atoms with Crippen molar-refractivity contribution in [2.45, 2.75) is 30.7 Å². The minimum atomic E-state index is -4.72. The Morgan fingerprint density at radius 2 is 1.85 bits per heavy atom. The number of hydrogen-bond acceptors (Lipinski definition) is 4. The molecule has 1 fully saturated rings. The molecule has 184 valence electrons. The Morgan fingerprint density at radius 3 is 2.41 bits per heavy atom. The van der Waals surface area contributed by atoms with E-state index in [0.29, 0.717) is 24.7 Å². The van der Waals surface area contributed by atoms with Gasteiger partial charge in [-0.2, -0.15) is 17.5 Å². The molecule has 2 aromatic carbocycles. The number of hydrogen-bond donors (Lipinski definition) is 2.